The minimum Gasteiger partial charge on any atom is -0.481 e. The van der Waals surface area contributed by atoms with E-state index in [0.29, 0.717) is 29.1 Å². The third kappa shape index (κ3) is 3.01. The van der Waals surface area contributed by atoms with E-state index in [0.717, 1.165) is 30.1 Å². The number of hydrogen-bond acceptors (Lipinski definition) is 1. The molecule has 0 radical (unpaired) electrons. The first kappa shape index (κ1) is 19.5. The summed E-state index contributed by atoms with van der Waals surface area (Å²) in [4.78, 5) is 11.1. The van der Waals surface area contributed by atoms with Crippen LogP contribution >= 0.6 is 0 Å². The molecule has 152 valence electrons. The van der Waals surface area contributed by atoms with Gasteiger partial charge in [-0.15, -0.1) is 0 Å². The Hall–Kier alpha value is -0.790. The molecule has 4 saturated carbocycles. The van der Waals surface area contributed by atoms with E-state index in [1.165, 1.54) is 57.8 Å². The smallest absolute Gasteiger partial charge is 0.303 e. The molecule has 4 rings (SSSR count). The number of carbonyl (C=O) groups is 1. The topological polar surface area (TPSA) is 37.3 Å². The lowest BCUT2D eigenvalue weighted by molar-refractivity contribution is -0.137. The highest BCUT2D eigenvalue weighted by atomic mass is 16.4. The highest BCUT2D eigenvalue weighted by Crippen LogP contribution is 2.69. The molecule has 4 fully saturated rings. The average molecular weight is 373 g/mol. The zero-order chi connectivity index (χ0) is 19.4. The number of allylic oxidation sites excluding steroid dienone is 1. The van der Waals surface area contributed by atoms with Crippen molar-refractivity contribution in [3.8, 4) is 0 Å². The van der Waals surface area contributed by atoms with E-state index in [4.69, 9.17) is 5.11 Å². The second-order valence-corrected chi connectivity index (χ2v) is 11.2. The summed E-state index contributed by atoms with van der Waals surface area (Å²) < 4.78 is 0. The van der Waals surface area contributed by atoms with Crippen LogP contribution in [0.2, 0.25) is 0 Å². The lowest BCUT2D eigenvalue weighted by Crippen LogP contribution is -2.53. The molecule has 2 heteroatoms. The molecular weight excluding hydrogens is 332 g/mol. The van der Waals surface area contributed by atoms with Crippen molar-refractivity contribution in [2.45, 2.75) is 91.4 Å². The average Bonchev–Trinajstić information content (AvgIpc) is 2.97. The van der Waals surface area contributed by atoms with Crippen LogP contribution in [0.1, 0.15) is 91.4 Å². The first-order chi connectivity index (χ1) is 12.8. The normalized spacial score (nSPS) is 47.7. The molecule has 8 atom stereocenters. The lowest BCUT2D eigenvalue weighted by atomic mass is 9.43. The SMILES string of the molecule is C=C1CC2CCCC[C@]2(C)C2CC[C@@]3(C)C(CCC3[C@H](C)CCC(=O)O)C12. The number of fused-ring (bicyclic) bond motifs is 5. The van der Waals surface area contributed by atoms with Gasteiger partial charge < -0.3 is 5.11 Å². The van der Waals surface area contributed by atoms with E-state index >= 15 is 0 Å². The maximum Gasteiger partial charge on any atom is 0.303 e. The second-order valence-electron chi connectivity index (χ2n) is 11.2. The largest absolute Gasteiger partial charge is 0.481 e. The molecule has 0 bridgehead atoms. The van der Waals surface area contributed by atoms with Gasteiger partial charge in [-0.25, -0.2) is 0 Å². The zero-order valence-corrected chi connectivity index (χ0v) is 17.8. The van der Waals surface area contributed by atoms with Crippen molar-refractivity contribution in [1.82, 2.24) is 0 Å². The standard InChI is InChI=1S/C25H40O2/c1-16(8-11-22(26)27)19-9-10-20-23-17(2)15-18-7-5-6-13-24(18,3)21(23)12-14-25(19,20)4/h16,18-21,23H,2,5-15H2,1,3-4H3,(H,26,27)/t16-,18?,19?,20?,21?,23?,24+,25-/m1/s1. The van der Waals surface area contributed by atoms with Crippen molar-refractivity contribution in [2.75, 3.05) is 0 Å². The van der Waals surface area contributed by atoms with Crippen LogP contribution in [0.5, 0.6) is 0 Å². The van der Waals surface area contributed by atoms with Crippen molar-refractivity contribution in [1.29, 1.82) is 0 Å². The van der Waals surface area contributed by atoms with Gasteiger partial charge in [0.15, 0.2) is 0 Å². The fraction of sp³-hybridized carbons (Fsp3) is 0.880. The van der Waals surface area contributed by atoms with E-state index in [1.807, 2.05) is 0 Å². The Bertz CT molecular complexity index is 609. The first-order valence-corrected chi connectivity index (χ1v) is 11.7. The van der Waals surface area contributed by atoms with Gasteiger partial charge in [0.1, 0.15) is 0 Å². The van der Waals surface area contributed by atoms with Crippen LogP contribution in [0.25, 0.3) is 0 Å². The van der Waals surface area contributed by atoms with Gasteiger partial charge in [-0.2, -0.15) is 0 Å². The van der Waals surface area contributed by atoms with Gasteiger partial charge in [0.2, 0.25) is 0 Å². The molecule has 0 heterocycles. The van der Waals surface area contributed by atoms with Crippen LogP contribution in [0.3, 0.4) is 0 Å². The molecule has 0 amide bonds. The van der Waals surface area contributed by atoms with Crippen LogP contribution < -0.4 is 0 Å². The van der Waals surface area contributed by atoms with Gasteiger partial charge in [0, 0.05) is 6.42 Å². The van der Waals surface area contributed by atoms with E-state index < -0.39 is 5.97 Å². The summed E-state index contributed by atoms with van der Waals surface area (Å²) in [7, 11) is 0. The summed E-state index contributed by atoms with van der Waals surface area (Å²) in [5, 5.41) is 9.12. The van der Waals surface area contributed by atoms with Gasteiger partial charge >= 0.3 is 5.97 Å². The van der Waals surface area contributed by atoms with Crippen molar-refractivity contribution in [3.63, 3.8) is 0 Å². The number of carboxylic acid groups (broad SMARTS) is 1. The monoisotopic (exact) mass is 372 g/mol. The van der Waals surface area contributed by atoms with Crippen molar-refractivity contribution >= 4 is 5.97 Å². The Morgan fingerprint density at radius 2 is 1.85 bits per heavy atom. The highest BCUT2D eigenvalue weighted by molar-refractivity contribution is 5.66. The maximum atomic E-state index is 11.1. The summed E-state index contributed by atoms with van der Waals surface area (Å²) in [6.45, 7) is 12.2. The van der Waals surface area contributed by atoms with Crippen LogP contribution in [-0.2, 0) is 4.79 Å². The zero-order valence-electron chi connectivity index (χ0n) is 17.8. The minimum atomic E-state index is -0.637. The fourth-order valence-corrected chi connectivity index (χ4v) is 8.68. The van der Waals surface area contributed by atoms with E-state index in [2.05, 4.69) is 27.4 Å². The number of aliphatic carboxylic acids is 1. The van der Waals surface area contributed by atoms with E-state index in [1.54, 1.807) is 5.57 Å². The molecule has 0 aromatic rings. The van der Waals surface area contributed by atoms with E-state index in [-0.39, 0.29) is 0 Å². The molecule has 27 heavy (non-hydrogen) atoms. The molecule has 0 saturated heterocycles. The van der Waals surface area contributed by atoms with Gasteiger partial charge in [-0.3, -0.25) is 4.79 Å². The third-order valence-corrected chi connectivity index (χ3v) is 10.1. The molecule has 0 aromatic heterocycles. The molecule has 2 nitrogen and oxygen atoms in total. The Morgan fingerprint density at radius 3 is 2.59 bits per heavy atom. The fourth-order valence-electron chi connectivity index (χ4n) is 8.68. The van der Waals surface area contributed by atoms with Crippen molar-refractivity contribution in [3.05, 3.63) is 12.2 Å². The first-order valence-electron chi connectivity index (χ1n) is 11.7. The molecule has 0 spiro atoms. The Labute approximate surface area is 166 Å². The summed E-state index contributed by atoms with van der Waals surface area (Å²) in [5.41, 5.74) is 2.54. The maximum absolute atomic E-state index is 11.1. The summed E-state index contributed by atoms with van der Waals surface area (Å²) in [5.74, 6) is 3.86. The number of carboxylic acids is 1. The number of hydrogen-bond donors (Lipinski definition) is 1. The Morgan fingerprint density at radius 1 is 1.11 bits per heavy atom. The minimum absolute atomic E-state index is 0.330. The lowest BCUT2D eigenvalue weighted by Gasteiger charge is -2.61. The van der Waals surface area contributed by atoms with E-state index in [9.17, 15) is 4.79 Å². The van der Waals surface area contributed by atoms with Crippen LogP contribution in [0.15, 0.2) is 12.2 Å². The van der Waals surface area contributed by atoms with Crippen LogP contribution in [-0.4, -0.2) is 11.1 Å². The predicted octanol–water partition coefficient (Wildman–Crippen LogP) is 6.70. The molecule has 4 aliphatic rings. The Balaban J connectivity index is 1.57. The van der Waals surface area contributed by atoms with Gasteiger partial charge in [-0.1, -0.05) is 45.8 Å². The molecule has 4 aliphatic carbocycles. The third-order valence-electron chi connectivity index (χ3n) is 10.1. The summed E-state index contributed by atoms with van der Waals surface area (Å²) in [6, 6.07) is 0. The van der Waals surface area contributed by atoms with Crippen molar-refractivity contribution < 1.29 is 9.90 Å². The Kier molecular flexibility index (Phi) is 5.00. The summed E-state index contributed by atoms with van der Waals surface area (Å²) >= 11 is 0. The van der Waals surface area contributed by atoms with Gasteiger partial charge in [0.25, 0.3) is 0 Å². The molecule has 5 unspecified atom stereocenters. The number of rotatable bonds is 4. The highest BCUT2D eigenvalue weighted by Gasteiger charge is 2.61. The molecule has 0 aromatic carbocycles. The molecular formula is C25H40O2. The quantitative estimate of drug-likeness (QED) is 0.557. The van der Waals surface area contributed by atoms with Crippen molar-refractivity contribution in [2.24, 2.45) is 46.3 Å². The van der Waals surface area contributed by atoms with Gasteiger partial charge in [0.05, 0.1) is 0 Å². The van der Waals surface area contributed by atoms with Gasteiger partial charge in [-0.05, 0) is 97.7 Å². The molecule has 1 N–H and O–H groups in total. The van der Waals surface area contributed by atoms with Crippen LogP contribution in [0, 0.1) is 46.3 Å². The second kappa shape index (κ2) is 6.92. The summed E-state index contributed by atoms with van der Waals surface area (Å²) in [6.07, 6.45) is 13.6. The molecule has 0 aliphatic heterocycles. The van der Waals surface area contributed by atoms with Crippen LogP contribution in [0.4, 0.5) is 0 Å². The predicted molar refractivity (Wildman–Crippen MR) is 110 cm³/mol.